The minimum absolute atomic E-state index is 0.0505. The Morgan fingerprint density at radius 1 is 1.08 bits per heavy atom. The topological polar surface area (TPSA) is 73.2 Å². The number of alkyl halides is 3. The van der Waals surface area contributed by atoms with Gasteiger partial charge in [0.1, 0.15) is 12.1 Å². The normalized spacial score (nSPS) is 11.3. The zero-order chi connectivity index (χ0) is 18.0. The first-order valence-corrected chi connectivity index (χ1v) is 6.97. The van der Waals surface area contributed by atoms with Crippen LogP contribution < -0.4 is 15.7 Å². The van der Waals surface area contributed by atoms with Gasteiger partial charge in [-0.2, -0.15) is 0 Å². The molecule has 6 nitrogen and oxygen atoms in total. The summed E-state index contributed by atoms with van der Waals surface area (Å²) in [5.41, 5.74) is 2.38. The third kappa shape index (κ3) is 3.77. The molecule has 0 bridgehead atoms. The van der Waals surface area contributed by atoms with E-state index >= 15 is 0 Å². The molecule has 0 fully saturated rings. The lowest BCUT2D eigenvalue weighted by Gasteiger charge is -2.10. The number of nitrogens with zero attached hydrogens (tertiary/aromatic N) is 2. The molecule has 0 saturated heterocycles. The molecular formula is C16H10F3N3O3. The molecule has 0 radical (unpaired) electrons. The Balaban J connectivity index is 1.81. The van der Waals surface area contributed by atoms with E-state index in [0.717, 1.165) is 35.3 Å². The van der Waals surface area contributed by atoms with Gasteiger partial charge in [-0.05, 0) is 36.4 Å². The Bertz CT molecular complexity index is 982. The number of para-hydroxylation sites is 1. The Labute approximate surface area is 138 Å². The third-order valence-corrected chi connectivity index (χ3v) is 3.24. The lowest BCUT2D eigenvalue weighted by Crippen LogP contribution is -2.33. The standard InChI is InChI=1S/C16H10F3N3O3/c17-16(18,19)25-11-7-5-10(6-8-11)14(23)21-22-9-20-13-4-2-1-3-12(13)15(22)24/h1-9H,(H,21,23). The second-order valence-corrected chi connectivity index (χ2v) is 4.95. The van der Waals surface area contributed by atoms with Crippen LogP contribution in [0.2, 0.25) is 0 Å². The van der Waals surface area contributed by atoms with Crippen LogP contribution in [0.25, 0.3) is 10.9 Å². The highest BCUT2D eigenvalue weighted by atomic mass is 19.4. The predicted molar refractivity (Wildman–Crippen MR) is 82.8 cm³/mol. The number of hydrogen-bond donors (Lipinski definition) is 1. The van der Waals surface area contributed by atoms with Crippen molar-refractivity contribution in [2.45, 2.75) is 6.36 Å². The number of rotatable bonds is 3. The Hall–Kier alpha value is -3.36. The number of carbonyl (C=O) groups is 1. The monoisotopic (exact) mass is 349 g/mol. The zero-order valence-electron chi connectivity index (χ0n) is 12.4. The molecule has 2 aromatic carbocycles. The molecule has 0 aliphatic heterocycles. The Kier molecular flexibility index (Phi) is 4.14. The number of nitrogens with one attached hydrogen (secondary N) is 1. The summed E-state index contributed by atoms with van der Waals surface area (Å²) in [7, 11) is 0. The average Bonchev–Trinajstić information content (AvgIpc) is 2.57. The molecule has 1 amide bonds. The van der Waals surface area contributed by atoms with Crippen molar-refractivity contribution in [2.24, 2.45) is 0 Å². The number of carbonyl (C=O) groups excluding carboxylic acids is 1. The smallest absolute Gasteiger partial charge is 0.406 e. The predicted octanol–water partition coefficient (Wildman–Crippen LogP) is 2.68. The summed E-state index contributed by atoms with van der Waals surface area (Å²) in [6.45, 7) is 0. The quantitative estimate of drug-likeness (QED) is 0.789. The van der Waals surface area contributed by atoms with Crippen LogP contribution in [-0.4, -0.2) is 21.9 Å². The molecule has 1 N–H and O–H groups in total. The van der Waals surface area contributed by atoms with Gasteiger partial charge in [0.05, 0.1) is 10.9 Å². The number of amides is 1. The molecule has 0 aliphatic carbocycles. The first-order valence-electron chi connectivity index (χ1n) is 6.97. The van der Waals surface area contributed by atoms with E-state index in [1.807, 2.05) is 0 Å². The van der Waals surface area contributed by atoms with Crippen LogP contribution in [0.1, 0.15) is 10.4 Å². The highest BCUT2D eigenvalue weighted by Gasteiger charge is 2.31. The van der Waals surface area contributed by atoms with E-state index in [0.29, 0.717) is 10.9 Å². The van der Waals surface area contributed by atoms with Crippen molar-refractivity contribution in [3.63, 3.8) is 0 Å². The summed E-state index contributed by atoms with van der Waals surface area (Å²) in [4.78, 5) is 28.5. The van der Waals surface area contributed by atoms with Crippen LogP contribution in [0.15, 0.2) is 59.7 Å². The molecule has 0 atom stereocenters. The fraction of sp³-hybridized carbons (Fsp3) is 0.0625. The maximum Gasteiger partial charge on any atom is 0.573 e. The van der Waals surface area contributed by atoms with Gasteiger partial charge >= 0.3 is 6.36 Å². The fourth-order valence-electron chi connectivity index (χ4n) is 2.13. The van der Waals surface area contributed by atoms with Crippen molar-refractivity contribution in [2.75, 3.05) is 5.43 Å². The maximum absolute atomic E-state index is 12.3. The minimum Gasteiger partial charge on any atom is -0.406 e. The SMILES string of the molecule is O=C(Nn1cnc2ccccc2c1=O)c1ccc(OC(F)(F)F)cc1. The summed E-state index contributed by atoms with van der Waals surface area (Å²) < 4.78 is 41.0. The van der Waals surface area contributed by atoms with E-state index in [1.54, 1.807) is 24.3 Å². The maximum atomic E-state index is 12.3. The largest absolute Gasteiger partial charge is 0.573 e. The van der Waals surface area contributed by atoms with Crippen LogP contribution in [0.5, 0.6) is 5.75 Å². The molecule has 0 unspecified atom stereocenters. The summed E-state index contributed by atoms with van der Waals surface area (Å²) >= 11 is 0. The molecule has 3 aromatic rings. The van der Waals surface area contributed by atoms with Crippen LogP contribution in [0.3, 0.4) is 0 Å². The molecule has 0 aliphatic rings. The highest BCUT2D eigenvalue weighted by Crippen LogP contribution is 2.22. The summed E-state index contributed by atoms with van der Waals surface area (Å²) in [5.74, 6) is -1.13. The van der Waals surface area contributed by atoms with Gasteiger partial charge in [0.15, 0.2) is 0 Å². The van der Waals surface area contributed by atoms with E-state index < -0.39 is 23.6 Å². The minimum atomic E-state index is -4.81. The Morgan fingerprint density at radius 3 is 2.44 bits per heavy atom. The number of fused-ring (bicyclic) bond motifs is 1. The third-order valence-electron chi connectivity index (χ3n) is 3.24. The van der Waals surface area contributed by atoms with Crippen molar-refractivity contribution in [1.82, 2.24) is 9.66 Å². The molecule has 1 aromatic heterocycles. The lowest BCUT2D eigenvalue weighted by molar-refractivity contribution is -0.274. The second-order valence-electron chi connectivity index (χ2n) is 4.95. The van der Waals surface area contributed by atoms with E-state index in [4.69, 9.17) is 0 Å². The van der Waals surface area contributed by atoms with Gasteiger partial charge in [0.2, 0.25) is 0 Å². The molecule has 25 heavy (non-hydrogen) atoms. The molecule has 9 heteroatoms. The van der Waals surface area contributed by atoms with Crippen LogP contribution >= 0.6 is 0 Å². The number of halogens is 3. The van der Waals surface area contributed by atoms with E-state index in [-0.39, 0.29) is 5.56 Å². The van der Waals surface area contributed by atoms with Gasteiger partial charge < -0.3 is 4.74 Å². The van der Waals surface area contributed by atoms with Gasteiger partial charge in [-0.1, -0.05) is 12.1 Å². The lowest BCUT2D eigenvalue weighted by atomic mass is 10.2. The second kappa shape index (κ2) is 6.27. The molecule has 128 valence electrons. The van der Waals surface area contributed by atoms with Gasteiger partial charge in [-0.3, -0.25) is 15.0 Å². The van der Waals surface area contributed by atoms with Crippen molar-refractivity contribution in [3.8, 4) is 5.75 Å². The Morgan fingerprint density at radius 2 is 1.76 bits per heavy atom. The van der Waals surface area contributed by atoms with Crippen LogP contribution in [-0.2, 0) is 0 Å². The van der Waals surface area contributed by atoms with Gasteiger partial charge in [0, 0.05) is 5.56 Å². The zero-order valence-corrected chi connectivity index (χ0v) is 12.4. The summed E-state index contributed by atoms with van der Waals surface area (Å²) in [6.07, 6.45) is -3.66. The van der Waals surface area contributed by atoms with Crippen LogP contribution in [0.4, 0.5) is 13.2 Å². The molecule has 3 rings (SSSR count). The molecule has 0 spiro atoms. The van der Waals surface area contributed by atoms with E-state index in [2.05, 4.69) is 15.1 Å². The average molecular weight is 349 g/mol. The number of ether oxygens (including phenoxy) is 1. The number of aromatic nitrogens is 2. The van der Waals surface area contributed by atoms with Crippen molar-refractivity contribution >= 4 is 16.8 Å². The number of hydrogen-bond acceptors (Lipinski definition) is 4. The van der Waals surface area contributed by atoms with Crippen LogP contribution in [0, 0.1) is 0 Å². The highest BCUT2D eigenvalue weighted by molar-refractivity contribution is 6.00. The summed E-state index contributed by atoms with van der Waals surface area (Å²) in [6, 6.07) is 10.9. The van der Waals surface area contributed by atoms with Gasteiger partial charge in [-0.15, -0.1) is 13.2 Å². The molecule has 1 heterocycles. The van der Waals surface area contributed by atoms with Crippen molar-refractivity contribution < 1.29 is 22.7 Å². The first kappa shape index (κ1) is 16.5. The van der Waals surface area contributed by atoms with Crippen molar-refractivity contribution in [1.29, 1.82) is 0 Å². The number of benzene rings is 2. The van der Waals surface area contributed by atoms with Gasteiger partial charge in [-0.25, -0.2) is 9.66 Å². The molecular weight excluding hydrogens is 339 g/mol. The van der Waals surface area contributed by atoms with E-state index in [9.17, 15) is 22.8 Å². The van der Waals surface area contributed by atoms with Gasteiger partial charge in [0.25, 0.3) is 11.5 Å². The first-order chi connectivity index (χ1) is 11.8. The summed E-state index contributed by atoms with van der Waals surface area (Å²) in [5, 5.41) is 0.319. The van der Waals surface area contributed by atoms with E-state index in [1.165, 1.54) is 0 Å². The molecule has 0 saturated carbocycles. The van der Waals surface area contributed by atoms with Crippen molar-refractivity contribution in [3.05, 3.63) is 70.8 Å². The fourth-order valence-corrected chi connectivity index (χ4v) is 2.13.